The summed E-state index contributed by atoms with van der Waals surface area (Å²) in [7, 11) is 0. The summed E-state index contributed by atoms with van der Waals surface area (Å²) in [4.78, 5) is 5.46. The Kier molecular flexibility index (Phi) is 4.32. The van der Waals surface area contributed by atoms with Gasteiger partial charge < -0.3 is 0 Å². The van der Waals surface area contributed by atoms with E-state index in [-0.39, 0.29) is 0 Å². The van der Waals surface area contributed by atoms with E-state index in [0.29, 0.717) is 11.0 Å². The molecule has 1 unspecified atom stereocenters. The van der Waals surface area contributed by atoms with E-state index in [2.05, 4.69) is 51.3 Å². The van der Waals surface area contributed by atoms with Gasteiger partial charge in [0.05, 0.1) is 0 Å². The second kappa shape index (κ2) is 5.37. The minimum absolute atomic E-state index is 0.343. The number of hydrogen-bond acceptors (Lipinski definition) is 2. The van der Waals surface area contributed by atoms with Gasteiger partial charge in [-0.2, -0.15) is 0 Å². The summed E-state index contributed by atoms with van der Waals surface area (Å²) in [6.07, 6.45) is 4.14. The third kappa shape index (κ3) is 3.16. The molecule has 2 aliphatic rings. The molecule has 0 bridgehead atoms. The molecule has 0 aromatic heterocycles. The van der Waals surface area contributed by atoms with Crippen LogP contribution in [0.2, 0.25) is 0 Å². The maximum Gasteiger partial charge on any atom is 0.0125 e. The van der Waals surface area contributed by atoms with Crippen LogP contribution < -0.4 is 0 Å². The van der Waals surface area contributed by atoms with Gasteiger partial charge in [0.25, 0.3) is 0 Å². The van der Waals surface area contributed by atoms with Crippen LogP contribution in [0.1, 0.15) is 60.8 Å². The quantitative estimate of drug-likeness (QED) is 0.770. The minimum atomic E-state index is 0.343. The van der Waals surface area contributed by atoms with Crippen molar-refractivity contribution in [1.29, 1.82) is 0 Å². The van der Waals surface area contributed by atoms with Crippen molar-refractivity contribution < 1.29 is 0 Å². The molecule has 112 valence electrons. The van der Waals surface area contributed by atoms with Crippen LogP contribution in [-0.2, 0) is 0 Å². The van der Waals surface area contributed by atoms with Crippen LogP contribution in [-0.4, -0.2) is 47.6 Å². The first-order valence-electron chi connectivity index (χ1n) is 8.26. The van der Waals surface area contributed by atoms with Crippen molar-refractivity contribution in [3.63, 3.8) is 0 Å². The summed E-state index contributed by atoms with van der Waals surface area (Å²) in [6, 6.07) is 0.802. The molecule has 0 aromatic rings. The summed E-state index contributed by atoms with van der Waals surface area (Å²) >= 11 is 0. The molecule has 2 aliphatic heterocycles. The largest absolute Gasteiger partial charge is 0.299 e. The molecule has 2 heterocycles. The summed E-state index contributed by atoms with van der Waals surface area (Å²) in [5.74, 6) is 0.796. The van der Waals surface area contributed by atoms with Crippen LogP contribution >= 0.6 is 0 Å². The summed E-state index contributed by atoms with van der Waals surface area (Å²) in [6.45, 7) is 19.5. The summed E-state index contributed by atoms with van der Waals surface area (Å²) < 4.78 is 0. The number of likely N-dealkylation sites (tertiary alicyclic amines) is 2. The third-order valence-electron chi connectivity index (χ3n) is 5.34. The fourth-order valence-electron chi connectivity index (χ4n) is 4.24. The Labute approximate surface area is 120 Å². The van der Waals surface area contributed by atoms with Crippen LogP contribution in [0.5, 0.6) is 0 Å². The molecule has 0 N–H and O–H groups in total. The highest BCUT2D eigenvalue weighted by Crippen LogP contribution is 2.42. The zero-order chi connectivity index (χ0) is 14.3. The van der Waals surface area contributed by atoms with E-state index in [1.165, 1.54) is 45.4 Å². The van der Waals surface area contributed by atoms with Gasteiger partial charge in [-0.25, -0.2) is 0 Å². The van der Waals surface area contributed by atoms with Crippen LogP contribution in [0.25, 0.3) is 0 Å². The standard InChI is InChI=1S/C17H34N2/c1-7-15(14(2)3)18-11-17(12-18)9-8-10-19(13-17)16(4,5)6/h14-15H,7-13H2,1-6H3. The molecule has 0 aliphatic carbocycles. The number of nitrogens with zero attached hydrogens (tertiary/aromatic N) is 2. The third-order valence-corrected chi connectivity index (χ3v) is 5.34. The Balaban J connectivity index is 1.93. The zero-order valence-corrected chi connectivity index (χ0v) is 14.0. The molecule has 2 fully saturated rings. The first-order valence-corrected chi connectivity index (χ1v) is 8.26. The van der Waals surface area contributed by atoms with Crippen LogP contribution in [0, 0.1) is 11.3 Å². The molecule has 0 saturated carbocycles. The predicted molar refractivity (Wildman–Crippen MR) is 83.5 cm³/mol. The monoisotopic (exact) mass is 266 g/mol. The first-order chi connectivity index (χ1) is 8.77. The van der Waals surface area contributed by atoms with Gasteiger partial charge in [-0.3, -0.25) is 9.80 Å². The van der Waals surface area contributed by atoms with Crippen molar-refractivity contribution in [1.82, 2.24) is 9.80 Å². The van der Waals surface area contributed by atoms with Gasteiger partial charge in [-0.1, -0.05) is 20.8 Å². The molecule has 2 heteroatoms. The lowest BCUT2D eigenvalue weighted by Crippen LogP contribution is -2.67. The molecule has 1 spiro atoms. The predicted octanol–water partition coefficient (Wildman–Crippen LogP) is 3.62. The van der Waals surface area contributed by atoms with E-state index in [4.69, 9.17) is 0 Å². The lowest BCUT2D eigenvalue weighted by molar-refractivity contribution is -0.0999. The van der Waals surface area contributed by atoms with E-state index < -0.39 is 0 Å². The molecule has 2 saturated heterocycles. The maximum atomic E-state index is 2.75. The minimum Gasteiger partial charge on any atom is -0.299 e. The molecule has 19 heavy (non-hydrogen) atoms. The lowest BCUT2D eigenvalue weighted by Gasteiger charge is -2.59. The Hall–Kier alpha value is -0.0800. The van der Waals surface area contributed by atoms with Crippen molar-refractivity contribution in [2.24, 2.45) is 11.3 Å². The Morgan fingerprint density at radius 1 is 1.11 bits per heavy atom. The van der Waals surface area contributed by atoms with E-state index in [9.17, 15) is 0 Å². The molecular weight excluding hydrogens is 232 g/mol. The van der Waals surface area contributed by atoms with Crippen molar-refractivity contribution in [3.05, 3.63) is 0 Å². The van der Waals surface area contributed by atoms with Crippen molar-refractivity contribution >= 4 is 0 Å². The van der Waals surface area contributed by atoms with Crippen molar-refractivity contribution in [2.75, 3.05) is 26.2 Å². The fraction of sp³-hybridized carbons (Fsp3) is 1.00. The highest BCUT2D eigenvalue weighted by Gasteiger charge is 2.48. The second-order valence-electron chi connectivity index (χ2n) is 8.32. The molecule has 0 aromatic carbocycles. The second-order valence-corrected chi connectivity index (χ2v) is 8.32. The van der Waals surface area contributed by atoms with Gasteiger partial charge in [0.15, 0.2) is 0 Å². The zero-order valence-electron chi connectivity index (χ0n) is 14.0. The molecule has 1 atom stereocenters. The van der Waals surface area contributed by atoms with E-state index in [0.717, 1.165) is 12.0 Å². The van der Waals surface area contributed by atoms with Crippen LogP contribution in [0.3, 0.4) is 0 Å². The average molecular weight is 266 g/mol. The highest BCUT2D eigenvalue weighted by atomic mass is 15.3. The van der Waals surface area contributed by atoms with Crippen molar-refractivity contribution in [3.8, 4) is 0 Å². The Morgan fingerprint density at radius 2 is 1.74 bits per heavy atom. The van der Waals surface area contributed by atoms with Crippen molar-refractivity contribution in [2.45, 2.75) is 72.4 Å². The number of piperidine rings is 1. The Bertz CT molecular complexity index is 297. The molecule has 0 amide bonds. The van der Waals surface area contributed by atoms with Crippen LogP contribution in [0.15, 0.2) is 0 Å². The highest BCUT2D eigenvalue weighted by molar-refractivity contribution is 5.03. The van der Waals surface area contributed by atoms with Gasteiger partial charge in [-0.15, -0.1) is 0 Å². The average Bonchev–Trinajstić information content (AvgIpc) is 2.26. The molecular formula is C17H34N2. The van der Waals surface area contributed by atoms with Gasteiger partial charge in [0.1, 0.15) is 0 Å². The van der Waals surface area contributed by atoms with E-state index in [1.54, 1.807) is 0 Å². The van der Waals surface area contributed by atoms with Gasteiger partial charge in [0.2, 0.25) is 0 Å². The topological polar surface area (TPSA) is 6.48 Å². The van der Waals surface area contributed by atoms with E-state index >= 15 is 0 Å². The summed E-state index contributed by atoms with van der Waals surface area (Å²) in [5.41, 5.74) is 0.962. The van der Waals surface area contributed by atoms with Gasteiger partial charge >= 0.3 is 0 Å². The van der Waals surface area contributed by atoms with E-state index in [1.807, 2.05) is 0 Å². The first kappa shape index (κ1) is 15.3. The lowest BCUT2D eigenvalue weighted by atomic mass is 9.71. The number of rotatable bonds is 3. The molecule has 2 nitrogen and oxygen atoms in total. The SMILES string of the molecule is CCC(C(C)C)N1CC2(CCCN(C(C)(C)C)C2)C1. The van der Waals surface area contributed by atoms with Crippen LogP contribution in [0.4, 0.5) is 0 Å². The number of hydrogen-bond donors (Lipinski definition) is 0. The van der Waals surface area contributed by atoms with Gasteiger partial charge in [0, 0.05) is 36.6 Å². The summed E-state index contributed by atoms with van der Waals surface area (Å²) in [5, 5.41) is 0. The maximum absolute atomic E-state index is 2.75. The molecule has 0 radical (unpaired) electrons. The molecule has 2 rings (SSSR count). The normalized spacial score (nSPS) is 26.7. The van der Waals surface area contributed by atoms with Gasteiger partial charge in [-0.05, 0) is 52.5 Å². The Morgan fingerprint density at radius 3 is 2.21 bits per heavy atom. The smallest absolute Gasteiger partial charge is 0.0125 e. The fourth-order valence-corrected chi connectivity index (χ4v) is 4.24.